The number of ether oxygens (including phenoxy) is 1. The van der Waals surface area contributed by atoms with Crippen molar-refractivity contribution in [2.24, 2.45) is 12.5 Å². The minimum atomic E-state index is -0.509. The lowest BCUT2D eigenvalue weighted by molar-refractivity contribution is 0.0438. The Morgan fingerprint density at radius 2 is 2.16 bits per heavy atom. The van der Waals surface area contributed by atoms with Crippen LogP contribution in [0.15, 0.2) is 41.2 Å². The molecule has 1 amide bonds. The Morgan fingerprint density at radius 3 is 2.92 bits per heavy atom. The molecule has 130 valence electrons. The highest BCUT2D eigenvalue weighted by Crippen LogP contribution is 2.49. The largest absolute Gasteiger partial charge is 0.493 e. The van der Waals surface area contributed by atoms with Crippen LogP contribution in [0.2, 0.25) is 0 Å². The molecule has 1 aromatic heterocycles. The van der Waals surface area contributed by atoms with Crippen molar-refractivity contribution in [3.05, 3.63) is 58.0 Å². The number of hydrogen-bond donors (Lipinski definition) is 1. The fraction of sp³-hybridized carbons (Fsp3) is 0.389. The molecule has 1 aromatic carbocycles. The van der Waals surface area contributed by atoms with Crippen LogP contribution in [0.4, 0.5) is 0 Å². The summed E-state index contributed by atoms with van der Waals surface area (Å²) < 4.78 is 6.99. The van der Waals surface area contributed by atoms with Crippen LogP contribution in [0, 0.1) is 5.41 Å². The fourth-order valence-corrected chi connectivity index (χ4v) is 3.80. The molecular weight excluding hydrogens is 322 g/mol. The first-order valence-corrected chi connectivity index (χ1v) is 8.20. The maximum atomic E-state index is 12.8. The summed E-state index contributed by atoms with van der Waals surface area (Å²) in [7, 11) is 1.52. The predicted molar refractivity (Wildman–Crippen MR) is 89.6 cm³/mol. The van der Waals surface area contributed by atoms with E-state index >= 15 is 0 Å². The molecule has 1 saturated heterocycles. The second kappa shape index (κ2) is 5.70. The smallest absolute Gasteiger partial charge is 0.274 e. The zero-order valence-corrected chi connectivity index (χ0v) is 13.9. The lowest BCUT2D eigenvalue weighted by Crippen LogP contribution is -2.42. The first-order valence-electron chi connectivity index (χ1n) is 8.20. The number of aliphatic hydroxyl groups excluding tert-OH is 1. The quantitative estimate of drug-likeness (QED) is 0.854. The van der Waals surface area contributed by atoms with Crippen molar-refractivity contribution in [3.8, 4) is 5.75 Å². The van der Waals surface area contributed by atoms with Crippen LogP contribution in [-0.4, -0.2) is 52.0 Å². The molecule has 7 nitrogen and oxygen atoms in total. The van der Waals surface area contributed by atoms with Crippen molar-refractivity contribution in [3.63, 3.8) is 0 Å². The third-order valence-corrected chi connectivity index (χ3v) is 5.24. The Balaban J connectivity index is 1.67. The van der Waals surface area contributed by atoms with Crippen molar-refractivity contribution in [2.45, 2.75) is 5.92 Å². The second-order valence-corrected chi connectivity index (χ2v) is 6.77. The lowest BCUT2D eigenvalue weighted by Gasteiger charge is -2.37. The Kier molecular flexibility index (Phi) is 3.61. The Hall–Kier alpha value is -2.67. The van der Waals surface area contributed by atoms with Gasteiger partial charge in [-0.25, -0.2) is 4.68 Å². The van der Waals surface area contributed by atoms with Crippen molar-refractivity contribution >= 4 is 5.91 Å². The predicted octanol–water partition coefficient (Wildman–Crippen LogP) is 0.391. The first-order chi connectivity index (χ1) is 12.0. The molecule has 7 heteroatoms. The summed E-state index contributed by atoms with van der Waals surface area (Å²) in [6, 6.07) is 10.5. The van der Waals surface area contributed by atoms with Gasteiger partial charge in [-0.15, -0.1) is 0 Å². The molecule has 25 heavy (non-hydrogen) atoms. The minimum absolute atomic E-state index is 0.0129. The molecule has 1 N–H and O–H groups in total. The molecule has 3 heterocycles. The molecule has 2 atom stereocenters. The summed E-state index contributed by atoms with van der Waals surface area (Å²) in [5.74, 6) is 0.584. The first kappa shape index (κ1) is 15.8. The van der Waals surface area contributed by atoms with Crippen LogP contribution < -0.4 is 10.3 Å². The number of carbonyl (C=O) groups is 1. The van der Waals surface area contributed by atoms with Crippen LogP contribution in [0.1, 0.15) is 22.0 Å². The van der Waals surface area contributed by atoms with Gasteiger partial charge in [0.05, 0.1) is 18.6 Å². The molecule has 0 aliphatic carbocycles. The molecule has 0 spiro atoms. The third-order valence-electron chi connectivity index (χ3n) is 5.24. The zero-order valence-electron chi connectivity index (χ0n) is 13.9. The van der Waals surface area contributed by atoms with E-state index in [0.29, 0.717) is 19.7 Å². The van der Waals surface area contributed by atoms with Gasteiger partial charge in [-0.2, -0.15) is 5.10 Å². The van der Waals surface area contributed by atoms with Gasteiger partial charge in [0, 0.05) is 32.1 Å². The van der Waals surface area contributed by atoms with Crippen LogP contribution >= 0.6 is 0 Å². The minimum Gasteiger partial charge on any atom is -0.493 e. The Labute approximate surface area is 144 Å². The van der Waals surface area contributed by atoms with Gasteiger partial charge in [0.25, 0.3) is 11.5 Å². The number of aliphatic hydroxyl groups is 1. The molecule has 0 saturated carbocycles. The van der Waals surface area contributed by atoms with Crippen molar-refractivity contribution < 1.29 is 14.6 Å². The van der Waals surface area contributed by atoms with Gasteiger partial charge in [0.15, 0.2) is 0 Å². The number of benzene rings is 1. The number of para-hydroxylation sites is 1. The second-order valence-electron chi connectivity index (χ2n) is 6.77. The van der Waals surface area contributed by atoms with E-state index in [2.05, 4.69) is 5.10 Å². The average Bonchev–Trinajstić information content (AvgIpc) is 3.04. The summed E-state index contributed by atoms with van der Waals surface area (Å²) in [5.41, 5.74) is 0.473. The van der Waals surface area contributed by atoms with Crippen molar-refractivity contribution in [2.75, 3.05) is 26.3 Å². The van der Waals surface area contributed by atoms with E-state index in [1.807, 2.05) is 24.3 Å². The van der Waals surface area contributed by atoms with E-state index in [9.17, 15) is 14.7 Å². The third kappa shape index (κ3) is 2.42. The highest BCUT2D eigenvalue weighted by molar-refractivity contribution is 5.92. The Morgan fingerprint density at radius 1 is 1.36 bits per heavy atom. The summed E-state index contributed by atoms with van der Waals surface area (Å²) in [6.07, 6.45) is 0. The lowest BCUT2D eigenvalue weighted by atomic mass is 9.74. The molecule has 0 radical (unpaired) electrons. The zero-order chi connectivity index (χ0) is 17.6. The maximum absolute atomic E-state index is 12.8. The standard InChI is InChI=1S/C18H19N3O4/c1-20-16(23)7-6-14(19-20)17(24)21-8-13-12-4-2-3-5-15(12)25-11-18(13,9-21)10-22/h2-7,13,22H,8-11H2,1H3/t13-,18-/m0/s1. The van der Waals surface area contributed by atoms with E-state index in [1.54, 1.807) is 4.90 Å². The SMILES string of the molecule is Cn1nc(C(=O)N2C[C@H]3c4ccccc4OC[C@@]3(CO)C2)ccc1=O. The number of carbonyl (C=O) groups excluding carboxylic acids is 1. The molecule has 4 rings (SSSR count). The molecule has 0 unspecified atom stereocenters. The van der Waals surface area contributed by atoms with Crippen LogP contribution in [-0.2, 0) is 7.05 Å². The molecule has 1 fully saturated rings. The molecular formula is C18H19N3O4. The molecule has 0 bridgehead atoms. The summed E-state index contributed by atoms with van der Waals surface area (Å²) in [5, 5.41) is 14.1. The number of nitrogens with zero attached hydrogens (tertiary/aromatic N) is 3. The van der Waals surface area contributed by atoms with Gasteiger partial charge in [0.1, 0.15) is 11.4 Å². The van der Waals surface area contributed by atoms with Gasteiger partial charge in [-0.3, -0.25) is 9.59 Å². The molecule has 2 aliphatic rings. The highest BCUT2D eigenvalue weighted by atomic mass is 16.5. The van der Waals surface area contributed by atoms with Gasteiger partial charge < -0.3 is 14.7 Å². The summed E-state index contributed by atoms with van der Waals surface area (Å²) >= 11 is 0. The van der Waals surface area contributed by atoms with Crippen LogP contribution in [0.25, 0.3) is 0 Å². The number of likely N-dealkylation sites (tertiary alicyclic amines) is 1. The number of hydrogen-bond acceptors (Lipinski definition) is 5. The normalized spacial score (nSPS) is 24.4. The van der Waals surface area contributed by atoms with Crippen molar-refractivity contribution in [1.29, 1.82) is 0 Å². The summed E-state index contributed by atoms with van der Waals surface area (Å²) in [6.45, 7) is 1.20. The van der Waals surface area contributed by atoms with Gasteiger partial charge in [0.2, 0.25) is 0 Å². The summed E-state index contributed by atoms with van der Waals surface area (Å²) in [4.78, 5) is 26.0. The highest BCUT2D eigenvalue weighted by Gasteiger charge is 2.52. The van der Waals surface area contributed by atoms with E-state index in [4.69, 9.17) is 4.74 Å². The maximum Gasteiger partial charge on any atom is 0.274 e. The van der Waals surface area contributed by atoms with Crippen molar-refractivity contribution in [1.82, 2.24) is 14.7 Å². The number of rotatable bonds is 2. The topological polar surface area (TPSA) is 84.7 Å². The van der Waals surface area contributed by atoms with E-state index in [0.717, 1.165) is 16.0 Å². The fourth-order valence-electron chi connectivity index (χ4n) is 3.80. The van der Waals surface area contributed by atoms with E-state index < -0.39 is 5.41 Å². The van der Waals surface area contributed by atoms with Crippen LogP contribution in [0.3, 0.4) is 0 Å². The van der Waals surface area contributed by atoms with Gasteiger partial charge >= 0.3 is 0 Å². The van der Waals surface area contributed by atoms with Crippen LogP contribution in [0.5, 0.6) is 5.75 Å². The molecule has 2 aliphatic heterocycles. The number of aromatic nitrogens is 2. The number of aryl methyl sites for hydroxylation is 1. The van der Waals surface area contributed by atoms with Gasteiger partial charge in [-0.05, 0) is 17.7 Å². The average molecular weight is 341 g/mol. The Bertz CT molecular complexity index is 894. The van der Waals surface area contributed by atoms with Gasteiger partial charge in [-0.1, -0.05) is 18.2 Å². The monoisotopic (exact) mass is 341 g/mol. The van der Waals surface area contributed by atoms with E-state index in [-0.39, 0.29) is 29.7 Å². The van der Waals surface area contributed by atoms with E-state index in [1.165, 1.54) is 19.2 Å². The molecule has 2 aromatic rings. The number of amides is 1. The number of fused-ring (bicyclic) bond motifs is 3.